The maximum Gasteiger partial charge on any atom is 0.103 e. The molecule has 5 rings (SSSR count). The third-order valence-corrected chi connectivity index (χ3v) is 5.01. The van der Waals surface area contributed by atoms with E-state index in [2.05, 4.69) is 44.8 Å². The molecule has 1 N–H and O–H groups in total. The van der Waals surface area contributed by atoms with Gasteiger partial charge in [0, 0.05) is 24.3 Å². The third-order valence-electron chi connectivity index (χ3n) is 5.01. The molecule has 1 aromatic carbocycles. The van der Waals surface area contributed by atoms with Gasteiger partial charge in [0.1, 0.15) is 11.8 Å². The lowest BCUT2D eigenvalue weighted by atomic mass is 10.1. The molecule has 0 saturated carbocycles. The molecule has 0 aliphatic heterocycles. The van der Waals surface area contributed by atoms with E-state index < -0.39 is 0 Å². The summed E-state index contributed by atoms with van der Waals surface area (Å²) in [5.41, 5.74) is 5.80. The molecule has 1 atom stereocenters. The molecule has 3 heterocycles. The van der Waals surface area contributed by atoms with Crippen LogP contribution < -0.4 is 5.32 Å². The predicted octanol–water partition coefficient (Wildman–Crippen LogP) is 3.13. The number of anilines is 1. The largest absolute Gasteiger partial charge is 0.377 e. The van der Waals surface area contributed by atoms with E-state index in [1.165, 1.54) is 0 Å². The number of aromatic nitrogens is 5. The molecule has 1 aliphatic carbocycles. The van der Waals surface area contributed by atoms with Gasteiger partial charge in [0.25, 0.3) is 0 Å². The van der Waals surface area contributed by atoms with E-state index >= 15 is 0 Å². The van der Waals surface area contributed by atoms with E-state index in [4.69, 9.17) is 5.26 Å². The van der Waals surface area contributed by atoms with Crippen LogP contribution in [0.25, 0.3) is 16.6 Å². The fourth-order valence-corrected chi connectivity index (χ4v) is 3.71. The van der Waals surface area contributed by atoms with Gasteiger partial charge in [0.15, 0.2) is 0 Å². The monoisotopic (exact) mass is 355 g/mol. The second kappa shape index (κ2) is 5.95. The van der Waals surface area contributed by atoms with Gasteiger partial charge in [-0.25, -0.2) is 4.68 Å². The quantitative estimate of drug-likeness (QED) is 0.610. The third kappa shape index (κ3) is 2.62. The van der Waals surface area contributed by atoms with E-state index in [1.807, 2.05) is 30.2 Å². The zero-order chi connectivity index (χ0) is 18.4. The van der Waals surface area contributed by atoms with Gasteiger partial charge in [0.2, 0.25) is 0 Å². The first-order valence-corrected chi connectivity index (χ1v) is 8.83. The minimum atomic E-state index is 0.153. The minimum absolute atomic E-state index is 0.153. The van der Waals surface area contributed by atoms with Crippen LogP contribution in [0.1, 0.15) is 29.3 Å². The number of benzene rings is 1. The Balaban J connectivity index is 1.48. The van der Waals surface area contributed by atoms with Crippen molar-refractivity contribution in [1.82, 2.24) is 24.5 Å². The van der Waals surface area contributed by atoms with Gasteiger partial charge in [-0.1, -0.05) is 0 Å². The molecule has 7 nitrogen and oxygen atoms in total. The number of rotatable bonds is 3. The summed E-state index contributed by atoms with van der Waals surface area (Å²) in [6.07, 6.45) is 9.16. The van der Waals surface area contributed by atoms with Crippen molar-refractivity contribution in [3.63, 3.8) is 0 Å². The molecule has 3 aromatic heterocycles. The molecule has 1 aliphatic rings. The van der Waals surface area contributed by atoms with Gasteiger partial charge in [-0.2, -0.15) is 15.5 Å². The second-order valence-corrected chi connectivity index (χ2v) is 6.82. The van der Waals surface area contributed by atoms with Crippen LogP contribution in [0.4, 0.5) is 5.69 Å². The van der Waals surface area contributed by atoms with Crippen molar-refractivity contribution in [3.8, 4) is 11.8 Å². The van der Waals surface area contributed by atoms with Crippen molar-refractivity contribution in [2.75, 3.05) is 5.32 Å². The number of hydrogen-bond donors (Lipinski definition) is 1. The normalized spacial score (nSPS) is 15.6. The molecule has 0 bridgehead atoms. The molecule has 7 heteroatoms. The highest BCUT2D eigenvalue weighted by Gasteiger charge is 2.24. The molecular formula is C20H17N7. The minimum Gasteiger partial charge on any atom is -0.377 e. The first-order chi connectivity index (χ1) is 13.2. The maximum atomic E-state index is 9.05. The van der Waals surface area contributed by atoms with Crippen molar-refractivity contribution in [2.45, 2.75) is 18.9 Å². The van der Waals surface area contributed by atoms with Crippen molar-refractivity contribution < 1.29 is 0 Å². The predicted molar refractivity (Wildman–Crippen MR) is 101 cm³/mol. The number of aryl methyl sites for hydroxylation is 2. The molecule has 0 saturated heterocycles. The molecule has 1 unspecified atom stereocenters. The molecule has 132 valence electrons. The summed E-state index contributed by atoms with van der Waals surface area (Å²) >= 11 is 0. The van der Waals surface area contributed by atoms with Crippen LogP contribution in [-0.4, -0.2) is 24.5 Å². The van der Waals surface area contributed by atoms with Gasteiger partial charge in [-0.15, -0.1) is 0 Å². The summed E-state index contributed by atoms with van der Waals surface area (Å²) in [6, 6.07) is 10.5. The van der Waals surface area contributed by atoms with Gasteiger partial charge < -0.3 is 5.32 Å². The number of nitrogens with one attached hydrogen (secondary N) is 1. The van der Waals surface area contributed by atoms with E-state index in [9.17, 15) is 0 Å². The number of hydrogen-bond acceptors (Lipinski definition) is 5. The van der Waals surface area contributed by atoms with Crippen LogP contribution in [-0.2, 0) is 13.5 Å². The number of fused-ring (bicyclic) bond motifs is 2. The Kier molecular flexibility index (Phi) is 3.44. The Hall–Kier alpha value is -3.66. The lowest BCUT2D eigenvalue weighted by molar-refractivity contribution is 0.746. The molecule has 0 fully saturated rings. The van der Waals surface area contributed by atoms with Crippen LogP contribution in [0, 0.1) is 11.3 Å². The molecule has 0 spiro atoms. The van der Waals surface area contributed by atoms with E-state index in [-0.39, 0.29) is 6.04 Å². The zero-order valence-electron chi connectivity index (χ0n) is 14.8. The van der Waals surface area contributed by atoms with Crippen LogP contribution >= 0.6 is 0 Å². The van der Waals surface area contributed by atoms with Gasteiger partial charge >= 0.3 is 0 Å². The van der Waals surface area contributed by atoms with E-state index in [0.29, 0.717) is 5.56 Å². The van der Waals surface area contributed by atoms with Crippen LogP contribution in [0.3, 0.4) is 0 Å². The highest BCUT2D eigenvalue weighted by molar-refractivity contribution is 5.83. The van der Waals surface area contributed by atoms with Gasteiger partial charge in [-0.05, 0) is 42.7 Å². The lowest BCUT2D eigenvalue weighted by Crippen LogP contribution is -2.09. The highest BCUT2D eigenvalue weighted by Crippen LogP contribution is 2.33. The molecule has 0 radical (unpaired) electrons. The topological polar surface area (TPSA) is 84.4 Å². The van der Waals surface area contributed by atoms with Gasteiger partial charge in [0.05, 0.1) is 41.4 Å². The van der Waals surface area contributed by atoms with E-state index in [0.717, 1.165) is 46.4 Å². The highest BCUT2D eigenvalue weighted by atomic mass is 15.3. The zero-order valence-corrected chi connectivity index (χ0v) is 14.8. The number of nitrogens with zero attached hydrogens (tertiary/aromatic N) is 6. The van der Waals surface area contributed by atoms with Gasteiger partial charge in [-0.3, -0.25) is 9.67 Å². The average Bonchev–Trinajstić information content (AvgIpc) is 3.39. The Morgan fingerprint density at radius 2 is 2.11 bits per heavy atom. The lowest BCUT2D eigenvalue weighted by Gasteiger charge is -2.15. The molecule has 0 amide bonds. The maximum absolute atomic E-state index is 9.05. The van der Waals surface area contributed by atoms with Crippen molar-refractivity contribution in [3.05, 3.63) is 65.9 Å². The molecule has 4 aromatic rings. The van der Waals surface area contributed by atoms with Crippen LogP contribution in [0.15, 0.2) is 49.1 Å². The Bertz CT molecular complexity index is 1190. The molecule has 27 heavy (non-hydrogen) atoms. The summed E-state index contributed by atoms with van der Waals surface area (Å²) in [7, 11) is 1.89. The summed E-state index contributed by atoms with van der Waals surface area (Å²) < 4.78 is 3.66. The Morgan fingerprint density at radius 3 is 2.93 bits per heavy atom. The van der Waals surface area contributed by atoms with Crippen molar-refractivity contribution >= 4 is 16.6 Å². The second-order valence-electron chi connectivity index (χ2n) is 6.82. The Labute approximate surface area is 155 Å². The fourth-order valence-electron chi connectivity index (χ4n) is 3.71. The number of pyridine rings is 1. The van der Waals surface area contributed by atoms with Crippen LogP contribution in [0.2, 0.25) is 0 Å². The summed E-state index contributed by atoms with van der Waals surface area (Å²) in [6.45, 7) is 0. The van der Waals surface area contributed by atoms with Crippen LogP contribution in [0.5, 0.6) is 0 Å². The number of nitriles is 1. The summed E-state index contributed by atoms with van der Waals surface area (Å²) in [4.78, 5) is 4.51. The summed E-state index contributed by atoms with van der Waals surface area (Å²) in [5.74, 6) is 0. The van der Waals surface area contributed by atoms with Crippen molar-refractivity contribution in [1.29, 1.82) is 5.26 Å². The molecular weight excluding hydrogens is 338 g/mol. The Morgan fingerprint density at radius 1 is 1.19 bits per heavy atom. The first-order valence-electron chi connectivity index (χ1n) is 8.83. The summed E-state index contributed by atoms with van der Waals surface area (Å²) in [5, 5.41) is 22.5. The van der Waals surface area contributed by atoms with E-state index in [1.54, 1.807) is 17.1 Å². The fraction of sp³-hybridized carbons (Fsp3) is 0.200. The smallest absolute Gasteiger partial charge is 0.103 e. The standard InChI is InChI=1S/C20H17N7/c1-26-12-17(11-23-26)27-19-7-16(4-2-15(19)10-24-27)25-18-5-3-14-6-13(8-21)9-22-20(14)18/h2,4,6-7,9-12,18,25H,3,5H2,1H3. The SMILES string of the molecule is Cn1cc(-n2ncc3ccc(NC4CCc5cc(C#N)cnc54)cc32)cn1. The first kappa shape index (κ1) is 15.6. The average molecular weight is 355 g/mol. The van der Waals surface area contributed by atoms with Crippen molar-refractivity contribution in [2.24, 2.45) is 7.05 Å².